The van der Waals surface area contributed by atoms with Crippen LogP contribution in [0.25, 0.3) is 27.8 Å². The number of hydrogen-bond acceptors (Lipinski definition) is 6. The molecule has 146 valence electrons. The van der Waals surface area contributed by atoms with Gasteiger partial charge in [0.1, 0.15) is 0 Å². The zero-order chi connectivity index (χ0) is 20.7. The Kier molecular flexibility index (Phi) is 4.36. The van der Waals surface area contributed by atoms with Crippen LogP contribution in [0.4, 0.5) is 17.2 Å². The van der Waals surface area contributed by atoms with Crippen LogP contribution in [0, 0.1) is 10.1 Å². The molecule has 0 saturated heterocycles. The van der Waals surface area contributed by atoms with E-state index in [0.717, 1.165) is 20.8 Å². The summed E-state index contributed by atoms with van der Waals surface area (Å²) in [5.74, 6) is 1.20. The summed E-state index contributed by atoms with van der Waals surface area (Å²) < 4.78 is 2.59. The molecule has 0 spiro atoms. The second-order valence-electron chi connectivity index (χ2n) is 6.56. The zero-order valence-electron chi connectivity index (χ0n) is 15.4. The second kappa shape index (κ2) is 7.20. The van der Waals surface area contributed by atoms with E-state index in [1.54, 1.807) is 16.6 Å². The van der Waals surface area contributed by atoms with Gasteiger partial charge in [-0.3, -0.25) is 10.1 Å². The van der Waals surface area contributed by atoms with Crippen LogP contribution in [-0.4, -0.2) is 24.7 Å². The first-order chi connectivity index (χ1) is 14.6. The van der Waals surface area contributed by atoms with Gasteiger partial charge in [-0.2, -0.15) is 4.52 Å². The standard InChI is InChI=1S/C21H13BrN6O2/c22-18-8-4-3-7-17(18)21-25-24-20-16-6-2-1-5-15(16)19(26-27(20)21)23-13-9-11-14(12-10-13)28(29)30/h1-12H,(H,23,26). The molecular weight excluding hydrogens is 448 g/mol. The molecule has 5 rings (SSSR count). The summed E-state index contributed by atoms with van der Waals surface area (Å²) in [6.07, 6.45) is 0. The quantitative estimate of drug-likeness (QED) is 0.286. The maximum Gasteiger partial charge on any atom is 0.269 e. The molecular formula is C21H13BrN6O2. The van der Waals surface area contributed by atoms with Gasteiger partial charge in [0.25, 0.3) is 5.69 Å². The lowest BCUT2D eigenvalue weighted by atomic mass is 10.1. The Bertz CT molecular complexity index is 1410. The summed E-state index contributed by atoms with van der Waals surface area (Å²) in [6, 6.07) is 21.7. The number of halogens is 1. The Morgan fingerprint density at radius 2 is 1.60 bits per heavy atom. The van der Waals surface area contributed by atoms with E-state index in [1.807, 2.05) is 48.5 Å². The monoisotopic (exact) mass is 460 g/mol. The van der Waals surface area contributed by atoms with E-state index < -0.39 is 4.92 Å². The van der Waals surface area contributed by atoms with Crippen molar-refractivity contribution in [3.05, 3.63) is 87.4 Å². The largest absolute Gasteiger partial charge is 0.338 e. The first-order valence-corrected chi connectivity index (χ1v) is 9.81. The maximum absolute atomic E-state index is 10.9. The van der Waals surface area contributed by atoms with Gasteiger partial charge in [-0.1, -0.05) is 52.3 Å². The van der Waals surface area contributed by atoms with Crippen LogP contribution in [0.5, 0.6) is 0 Å². The number of benzene rings is 3. The summed E-state index contributed by atoms with van der Waals surface area (Å²) in [5.41, 5.74) is 2.23. The molecule has 9 heteroatoms. The molecule has 0 radical (unpaired) electrons. The van der Waals surface area contributed by atoms with Gasteiger partial charge in [0.2, 0.25) is 0 Å². The number of aromatic nitrogens is 4. The highest BCUT2D eigenvalue weighted by Crippen LogP contribution is 2.31. The number of nitrogens with one attached hydrogen (secondary N) is 1. The van der Waals surface area contributed by atoms with Gasteiger partial charge in [0.05, 0.1) is 4.92 Å². The smallest absolute Gasteiger partial charge is 0.269 e. The molecule has 2 heterocycles. The molecule has 8 nitrogen and oxygen atoms in total. The zero-order valence-corrected chi connectivity index (χ0v) is 16.9. The van der Waals surface area contributed by atoms with Gasteiger partial charge in [0, 0.05) is 38.6 Å². The lowest BCUT2D eigenvalue weighted by molar-refractivity contribution is -0.384. The van der Waals surface area contributed by atoms with Gasteiger partial charge >= 0.3 is 0 Å². The summed E-state index contributed by atoms with van der Waals surface area (Å²) in [7, 11) is 0. The van der Waals surface area contributed by atoms with Gasteiger partial charge in [-0.15, -0.1) is 15.3 Å². The normalized spacial score (nSPS) is 11.1. The van der Waals surface area contributed by atoms with Gasteiger partial charge < -0.3 is 5.32 Å². The summed E-state index contributed by atoms with van der Waals surface area (Å²) >= 11 is 3.56. The van der Waals surface area contributed by atoms with Crippen molar-refractivity contribution in [2.75, 3.05) is 5.32 Å². The van der Waals surface area contributed by atoms with E-state index in [4.69, 9.17) is 5.10 Å². The summed E-state index contributed by atoms with van der Waals surface area (Å²) in [6.45, 7) is 0. The number of hydrogen-bond donors (Lipinski definition) is 1. The van der Waals surface area contributed by atoms with Crippen LogP contribution in [0.3, 0.4) is 0 Å². The van der Waals surface area contributed by atoms with Crippen molar-refractivity contribution in [3.63, 3.8) is 0 Å². The molecule has 0 bridgehead atoms. The van der Waals surface area contributed by atoms with Crippen LogP contribution < -0.4 is 5.32 Å². The van der Waals surface area contributed by atoms with Crippen molar-refractivity contribution < 1.29 is 4.92 Å². The van der Waals surface area contributed by atoms with Gasteiger partial charge in [-0.05, 0) is 24.3 Å². The Morgan fingerprint density at radius 3 is 2.33 bits per heavy atom. The van der Waals surface area contributed by atoms with E-state index in [2.05, 4.69) is 31.4 Å². The van der Waals surface area contributed by atoms with Crippen LogP contribution in [0.2, 0.25) is 0 Å². The predicted molar refractivity (Wildman–Crippen MR) is 118 cm³/mol. The molecule has 0 saturated carbocycles. The number of anilines is 2. The Hall–Kier alpha value is -3.85. The maximum atomic E-state index is 10.9. The molecule has 5 aromatic rings. The Balaban J connectivity index is 1.69. The number of fused-ring (bicyclic) bond motifs is 3. The number of non-ortho nitro benzene ring substituents is 1. The van der Waals surface area contributed by atoms with E-state index in [0.29, 0.717) is 23.0 Å². The van der Waals surface area contributed by atoms with E-state index in [1.165, 1.54) is 12.1 Å². The molecule has 0 aliphatic carbocycles. The molecule has 0 unspecified atom stereocenters. The highest BCUT2D eigenvalue weighted by molar-refractivity contribution is 9.10. The first kappa shape index (κ1) is 18.2. The number of nitrogens with zero attached hydrogens (tertiary/aromatic N) is 5. The van der Waals surface area contributed by atoms with Crippen LogP contribution in [-0.2, 0) is 0 Å². The van der Waals surface area contributed by atoms with Crippen LogP contribution >= 0.6 is 15.9 Å². The van der Waals surface area contributed by atoms with Gasteiger partial charge in [-0.25, -0.2) is 0 Å². The SMILES string of the molecule is O=[N+]([O-])c1ccc(Nc2nn3c(-c4ccccc4Br)nnc3c3ccccc23)cc1. The minimum absolute atomic E-state index is 0.0313. The molecule has 0 atom stereocenters. The minimum atomic E-state index is -0.426. The third-order valence-corrected chi connectivity index (χ3v) is 5.41. The third kappa shape index (κ3) is 3.05. The molecule has 3 aromatic carbocycles. The molecule has 0 amide bonds. The molecule has 0 aliphatic rings. The Morgan fingerprint density at radius 1 is 0.900 bits per heavy atom. The molecule has 0 fully saturated rings. The highest BCUT2D eigenvalue weighted by Gasteiger charge is 2.17. The molecule has 0 aliphatic heterocycles. The van der Waals surface area contributed by atoms with Gasteiger partial charge in [0.15, 0.2) is 17.3 Å². The average Bonchev–Trinajstić information content (AvgIpc) is 3.18. The van der Waals surface area contributed by atoms with Crippen molar-refractivity contribution in [3.8, 4) is 11.4 Å². The van der Waals surface area contributed by atoms with E-state index >= 15 is 0 Å². The van der Waals surface area contributed by atoms with Crippen molar-refractivity contribution in [1.29, 1.82) is 0 Å². The van der Waals surface area contributed by atoms with Crippen LogP contribution in [0.15, 0.2) is 77.3 Å². The summed E-state index contributed by atoms with van der Waals surface area (Å²) in [4.78, 5) is 10.5. The van der Waals surface area contributed by atoms with Crippen molar-refractivity contribution in [1.82, 2.24) is 19.8 Å². The van der Waals surface area contributed by atoms with Crippen molar-refractivity contribution in [2.24, 2.45) is 0 Å². The third-order valence-electron chi connectivity index (χ3n) is 4.72. The van der Waals surface area contributed by atoms with Crippen LogP contribution in [0.1, 0.15) is 0 Å². The number of rotatable bonds is 4. The van der Waals surface area contributed by atoms with E-state index in [9.17, 15) is 10.1 Å². The van der Waals surface area contributed by atoms with E-state index in [-0.39, 0.29) is 5.69 Å². The highest BCUT2D eigenvalue weighted by atomic mass is 79.9. The van der Waals surface area contributed by atoms with Crippen molar-refractivity contribution >= 4 is 49.5 Å². The molecule has 30 heavy (non-hydrogen) atoms. The number of nitro groups is 1. The molecule has 2 aromatic heterocycles. The number of nitro benzene ring substituents is 1. The topological polar surface area (TPSA) is 98.2 Å². The average molecular weight is 461 g/mol. The lowest BCUT2D eigenvalue weighted by Gasteiger charge is -2.11. The fourth-order valence-corrected chi connectivity index (χ4v) is 3.75. The first-order valence-electron chi connectivity index (χ1n) is 9.02. The second-order valence-corrected chi connectivity index (χ2v) is 7.42. The minimum Gasteiger partial charge on any atom is -0.338 e. The predicted octanol–water partition coefficient (Wildman–Crippen LogP) is 5.36. The summed E-state index contributed by atoms with van der Waals surface area (Å²) in [5, 5.41) is 29.4. The fourth-order valence-electron chi connectivity index (χ4n) is 3.29. The van der Waals surface area contributed by atoms with Crippen molar-refractivity contribution in [2.45, 2.75) is 0 Å². The Labute approximate surface area is 178 Å². The molecule has 1 N–H and O–H groups in total. The fraction of sp³-hybridized carbons (Fsp3) is 0. The lowest BCUT2D eigenvalue weighted by Crippen LogP contribution is -2.03.